The van der Waals surface area contributed by atoms with Gasteiger partial charge in [0.05, 0.1) is 13.2 Å². The molecule has 1 aromatic carbocycles. The van der Waals surface area contributed by atoms with E-state index in [0.29, 0.717) is 5.89 Å². The van der Waals surface area contributed by atoms with Crippen molar-refractivity contribution in [1.29, 1.82) is 0 Å². The zero-order valence-electron chi connectivity index (χ0n) is 10.9. The van der Waals surface area contributed by atoms with Gasteiger partial charge in [0.15, 0.2) is 5.82 Å². The Hall–Kier alpha value is -1.88. The lowest BCUT2D eigenvalue weighted by molar-refractivity contribution is 0.367. The summed E-state index contributed by atoms with van der Waals surface area (Å²) in [5.41, 5.74) is 0.912. The van der Waals surface area contributed by atoms with Crippen molar-refractivity contribution < 1.29 is 9.26 Å². The van der Waals surface area contributed by atoms with Gasteiger partial charge in [-0.25, -0.2) is 0 Å². The first-order chi connectivity index (χ1) is 9.36. The largest absolute Gasteiger partial charge is 0.497 e. The molecule has 2 heterocycles. The van der Waals surface area contributed by atoms with Gasteiger partial charge in [-0.15, -0.1) is 0 Å². The molecule has 2 aromatic rings. The zero-order valence-corrected chi connectivity index (χ0v) is 10.9. The van der Waals surface area contributed by atoms with Gasteiger partial charge in [0.1, 0.15) is 5.75 Å². The highest BCUT2D eigenvalue weighted by molar-refractivity contribution is 5.54. The van der Waals surface area contributed by atoms with Gasteiger partial charge >= 0.3 is 0 Å². The highest BCUT2D eigenvalue weighted by atomic mass is 16.5. The van der Waals surface area contributed by atoms with Crippen molar-refractivity contribution in [3.05, 3.63) is 30.1 Å². The number of hydrogen-bond acceptors (Lipinski definition) is 5. The van der Waals surface area contributed by atoms with Crippen molar-refractivity contribution in [1.82, 2.24) is 15.5 Å². The van der Waals surface area contributed by atoms with E-state index in [4.69, 9.17) is 9.26 Å². The Morgan fingerprint density at radius 2 is 2.11 bits per heavy atom. The summed E-state index contributed by atoms with van der Waals surface area (Å²) in [7, 11) is 1.65. The van der Waals surface area contributed by atoms with Crippen molar-refractivity contribution in [3.8, 4) is 17.2 Å². The van der Waals surface area contributed by atoms with E-state index in [2.05, 4.69) is 15.5 Å². The summed E-state index contributed by atoms with van der Waals surface area (Å²) < 4.78 is 10.5. The maximum absolute atomic E-state index is 5.34. The molecule has 1 aromatic heterocycles. The van der Waals surface area contributed by atoms with Crippen LogP contribution >= 0.6 is 0 Å². The van der Waals surface area contributed by atoms with E-state index in [1.807, 2.05) is 24.3 Å². The third-order valence-corrected chi connectivity index (χ3v) is 3.40. The fourth-order valence-corrected chi connectivity index (χ4v) is 2.30. The molecule has 3 rings (SSSR count). The first-order valence-electron chi connectivity index (χ1n) is 6.58. The molecular formula is C14H17N3O2. The molecule has 0 saturated carbocycles. The number of hydrogen-bond donors (Lipinski definition) is 1. The zero-order chi connectivity index (χ0) is 13.1. The maximum Gasteiger partial charge on any atom is 0.257 e. The number of nitrogens with zero attached hydrogens (tertiary/aromatic N) is 2. The Morgan fingerprint density at radius 3 is 2.79 bits per heavy atom. The van der Waals surface area contributed by atoms with Crippen LogP contribution in [0.25, 0.3) is 11.5 Å². The van der Waals surface area contributed by atoms with E-state index in [1.165, 1.54) is 12.8 Å². The maximum atomic E-state index is 5.34. The van der Waals surface area contributed by atoms with Gasteiger partial charge in [-0.05, 0) is 43.7 Å². The van der Waals surface area contributed by atoms with E-state index in [1.54, 1.807) is 7.11 Å². The predicted molar refractivity (Wildman–Crippen MR) is 70.9 cm³/mol. The van der Waals surface area contributed by atoms with E-state index in [-0.39, 0.29) is 6.04 Å². The Kier molecular flexibility index (Phi) is 3.46. The standard InChI is InChI=1S/C14H17N3O2/c1-18-11-7-5-10(6-8-11)14-16-13(17-19-14)12-4-2-3-9-15-12/h5-8,12,15H,2-4,9H2,1H3. The molecule has 1 fully saturated rings. The van der Waals surface area contributed by atoms with Crippen LogP contribution in [0, 0.1) is 0 Å². The fraction of sp³-hybridized carbons (Fsp3) is 0.429. The molecule has 0 amide bonds. The summed E-state index contributed by atoms with van der Waals surface area (Å²) in [6, 6.07) is 7.84. The summed E-state index contributed by atoms with van der Waals surface area (Å²) in [6.45, 7) is 1.02. The monoisotopic (exact) mass is 259 g/mol. The molecule has 1 aliphatic heterocycles. The summed E-state index contributed by atoms with van der Waals surface area (Å²) in [6.07, 6.45) is 3.51. The van der Waals surface area contributed by atoms with Crippen LogP contribution in [0.5, 0.6) is 5.75 Å². The first-order valence-corrected chi connectivity index (χ1v) is 6.58. The minimum Gasteiger partial charge on any atom is -0.497 e. The van der Waals surface area contributed by atoms with Crippen LogP contribution in [0.4, 0.5) is 0 Å². The Morgan fingerprint density at radius 1 is 1.26 bits per heavy atom. The molecule has 1 unspecified atom stereocenters. The van der Waals surface area contributed by atoms with Crippen molar-refractivity contribution in [3.63, 3.8) is 0 Å². The lowest BCUT2D eigenvalue weighted by atomic mass is 10.0. The first kappa shape index (κ1) is 12.2. The lowest BCUT2D eigenvalue weighted by Gasteiger charge is -2.19. The van der Waals surface area contributed by atoms with Gasteiger partial charge in [0, 0.05) is 5.56 Å². The Balaban J connectivity index is 1.79. The summed E-state index contributed by atoms with van der Waals surface area (Å²) in [5.74, 6) is 2.13. The molecule has 0 bridgehead atoms. The molecule has 0 spiro atoms. The van der Waals surface area contributed by atoms with Crippen LogP contribution in [0.1, 0.15) is 31.1 Å². The minimum absolute atomic E-state index is 0.226. The van der Waals surface area contributed by atoms with Gasteiger partial charge in [-0.1, -0.05) is 11.6 Å². The molecule has 1 aliphatic rings. The van der Waals surface area contributed by atoms with Gasteiger partial charge in [-0.2, -0.15) is 4.98 Å². The van der Waals surface area contributed by atoms with E-state index in [0.717, 1.165) is 30.1 Å². The van der Waals surface area contributed by atoms with Crippen LogP contribution in [0.15, 0.2) is 28.8 Å². The minimum atomic E-state index is 0.226. The summed E-state index contributed by atoms with van der Waals surface area (Å²) in [4.78, 5) is 4.48. The van der Waals surface area contributed by atoms with Gasteiger partial charge in [-0.3, -0.25) is 0 Å². The second kappa shape index (κ2) is 5.40. The van der Waals surface area contributed by atoms with Crippen molar-refractivity contribution in [2.45, 2.75) is 25.3 Å². The number of rotatable bonds is 3. The highest BCUT2D eigenvalue weighted by Gasteiger charge is 2.20. The van der Waals surface area contributed by atoms with Crippen molar-refractivity contribution in [2.75, 3.05) is 13.7 Å². The normalized spacial score (nSPS) is 19.3. The van der Waals surface area contributed by atoms with E-state index >= 15 is 0 Å². The molecule has 1 N–H and O–H groups in total. The number of benzene rings is 1. The van der Waals surface area contributed by atoms with Crippen molar-refractivity contribution >= 4 is 0 Å². The molecule has 100 valence electrons. The number of aromatic nitrogens is 2. The molecule has 1 saturated heterocycles. The molecule has 5 heteroatoms. The van der Waals surface area contributed by atoms with E-state index in [9.17, 15) is 0 Å². The van der Waals surface area contributed by atoms with Gasteiger partial charge < -0.3 is 14.6 Å². The average Bonchev–Trinajstić information content (AvgIpc) is 2.98. The van der Waals surface area contributed by atoms with Crippen LogP contribution in [-0.4, -0.2) is 23.8 Å². The fourth-order valence-electron chi connectivity index (χ4n) is 2.30. The Bertz CT molecular complexity index is 530. The third-order valence-electron chi connectivity index (χ3n) is 3.40. The number of methoxy groups -OCH3 is 1. The topological polar surface area (TPSA) is 60.2 Å². The van der Waals surface area contributed by atoms with Crippen LogP contribution in [0.3, 0.4) is 0 Å². The summed E-state index contributed by atoms with van der Waals surface area (Å²) in [5, 5.41) is 7.49. The average molecular weight is 259 g/mol. The Labute approximate surface area is 112 Å². The van der Waals surface area contributed by atoms with Gasteiger partial charge in [0.25, 0.3) is 5.89 Å². The number of nitrogens with one attached hydrogen (secondary N) is 1. The highest BCUT2D eigenvalue weighted by Crippen LogP contribution is 2.25. The second-order valence-corrected chi connectivity index (χ2v) is 4.69. The lowest BCUT2D eigenvalue weighted by Crippen LogP contribution is -2.27. The third kappa shape index (κ3) is 2.61. The quantitative estimate of drug-likeness (QED) is 0.918. The second-order valence-electron chi connectivity index (χ2n) is 4.69. The molecule has 19 heavy (non-hydrogen) atoms. The molecular weight excluding hydrogens is 242 g/mol. The number of ether oxygens (including phenoxy) is 1. The molecule has 5 nitrogen and oxygen atoms in total. The molecule has 1 atom stereocenters. The van der Waals surface area contributed by atoms with Crippen LogP contribution in [-0.2, 0) is 0 Å². The van der Waals surface area contributed by atoms with Crippen molar-refractivity contribution in [2.24, 2.45) is 0 Å². The van der Waals surface area contributed by atoms with Crippen LogP contribution in [0.2, 0.25) is 0 Å². The molecule has 0 radical (unpaired) electrons. The SMILES string of the molecule is COc1ccc(-c2nc(C3CCCCN3)no2)cc1. The van der Waals surface area contributed by atoms with Gasteiger partial charge in [0.2, 0.25) is 0 Å². The predicted octanol–water partition coefficient (Wildman–Crippen LogP) is 2.56. The molecule has 0 aliphatic carbocycles. The number of piperidine rings is 1. The smallest absolute Gasteiger partial charge is 0.257 e. The van der Waals surface area contributed by atoms with E-state index < -0.39 is 0 Å². The summed E-state index contributed by atoms with van der Waals surface area (Å²) >= 11 is 0. The van der Waals surface area contributed by atoms with Crippen LogP contribution < -0.4 is 10.1 Å².